The molecule has 5 heteroatoms. The molecular formula is C23H29N5. The summed E-state index contributed by atoms with van der Waals surface area (Å²) in [4.78, 5) is 4.81. The van der Waals surface area contributed by atoms with Gasteiger partial charge in [-0.2, -0.15) is 10.2 Å². The summed E-state index contributed by atoms with van der Waals surface area (Å²) in [5.74, 6) is 0. The zero-order valence-electron chi connectivity index (χ0n) is 18.1. The first-order chi connectivity index (χ1) is 13.2. The van der Waals surface area contributed by atoms with Crippen molar-refractivity contribution >= 4 is 11.4 Å². The molecule has 0 aliphatic heterocycles. The first-order valence-corrected chi connectivity index (χ1v) is 9.59. The predicted molar refractivity (Wildman–Crippen MR) is 117 cm³/mol. The molecule has 0 aliphatic rings. The molecule has 0 aromatic carbocycles. The van der Waals surface area contributed by atoms with Gasteiger partial charge < -0.3 is 0 Å². The SMILES string of the molecule is C/C(=N\n1c(C)cc(C)c1C)c1cccc(/C(C)=N/n2c(C)cc(C)c2C)n1. The molecule has 3 rings (SSSR count). The molecule has 0 saturated carbocycles. The predicted octanol–water partition coefficient (Wildman–Crippen LogP) is 5.08. The van der Waals surface area contributed by atoms with E-state index in [0.29, 0.717) is 0 Å². The fourth-order valence-corrected chi connectivity index (χ4v) is 3.37. The van der Waals surface area contributed by atoms with Crippen molar-refractivity contribution in [1.82, 2.24) is 14.3 Å². The van der Waals surface area contributed by atoms with Gasteiger partial charge in [0.2, 0.25) is 0 Å². The number of hydrogen-bond donors (Lipinski definition) is 0. The molecule has 0 saturated heterocycles. The fourth-order valence-electron chi connectivity index (χ4n) is 3.37. The van der Waals surface area contributed by atoms with Gasteiger partial charge in [-0.1, -0.05) is 6.07 Å². The van der Waals surface area contributed by atoms with E-state index in [-0.39, 0.29) is 0 Å². The van der Waals surface area contributed by atoms with Crippen LogP contribution in [0, 0.1) is 41.5 Å². The van der Waals surface area contributed by atoms with Crippen LogP contribution in [0.2, 0.25) is 0 Å². The zero-order valence-corrected chi connectivity index (χ0v) is 18.1. The van der Waals surface area contributed by atoms with Crippen LogP contribution in [0.5, 0.6) is 0 Å². The van der Waals surface area contributed by atoms with Gasteiger partial charge in [0.05, 0.1) is 22.8 Å². The number of aromatic nitrogens is 3. The molecule has 3 aromatic rings. The standard InChI is InChI=1S/C23H29N5/c1-14-12-16(3)27(20(14)7)25-18(5)22-10-9-11-23(24-22)19(6)26-28-17(4)13-15(2)21(28)8/h9-13H,1-8H3/b25-18+,26-19+. The Balaban J connectivity index is 1.98. The molecular weight excluding hydrogens is 346 g/mol. The molecule has 0 amide bonds. The van der Waals surface area contributed by atoms with Gasteiger partial charge in [0.15, 0.2) is 0 Å². The van der Waals surface area contributed by atoms with Crippen LogP contribution < -0.4 is 0 Å². The first kappa shape index (κ1) is 19.8. The number of rotatable bonds is 4. The van der Waals surface area contributed by atoms with Crippen LogP contribution in [0.25, 0.3) is 0 Å². The maximum Gasteiger partial charge on any atom is 0.0867 e. The summed E-state index contributed by atoms with van der Waals surface area (Å²) in [6.45, 7) is 16.5. The normalized spacial score (nSPS) is 12.7. The van der Waals surface area contributed by atoms with Crippen molar-refractivity contribution in [2.24, 2.45) is 10.2 Å². The monoisotopic (exact) mass is 375 g/mol. The smallest absolute Gasteiger partial charge is 0.0867 e. The van der Waals surface area contributed by atoms with Gasteiger partial charge in [-0.05, 0) is 90.8 Å². The Hall–Kier alpha value is -2.95. The van der Waals surface area contributed by atoms with Crippen molar-refractivity contribution < 1.29 is 0 Å². The van der Waals surface area contributed by atoms with Gasteiger partial charge in [0.1, 0.15) is 0 Å². The summed E-state index contributed by atoms with van der Waals surface area (Å²) >= 11 is 0. The molecule has 0 unspecified atom stereocenters. The lowest BCUT2D eigenvalue weighted by molar-refractivity contribution is 0.806. The molecule has 3 aromatic heterocycles. The van der Waals surface area contributed by atoms with Crippen molar-refractivity contribution in [3.05, 3.63) is 75.6 Å². The molecule has 0 bridgehead atoms. The highest BCUT2D eigenvalue weighted by Gasteiger charge is 2.10. The van der Waals surface area contributed by atoms with Crippen molar-refractivity contribution in [2.45, 2.75) is 55.4 Å². The Morgan fingerprint density at radius 2 is 1.11 bits per heavy atom. The van der Waals surface area contributed by atoms with E-state index in [9.17, 15) is 0 Å². The molecule has 0 radical (unpaired) electrons. The largest absolute Gasteiger partial charge is 0.245 e. The summed E-state index contributed by atoms with van der Waals surface area (Å²) in [6, 6.07) is 10.3. The van der Waals surface area contributed by atoms with Crippen LogP contribution in [0.15, 0.2) is 40.5 Å². The summed E-state index contributed by atoms with van der Waals surface area (Å²) in [5, 5.41) is 9.58. The second-order valence-corrected chi connectivity index (χ2v) is 7.51. The van der Waals surface area contributed by atoms with Gasteiger partial charge in [-0.15, -0.1) is 0 Å². The van der Waals surface area contributed by atoms with Crippen molar-refractivity contribution in [2.75, 3.05) is 0 Å². The third kappa shape index (κ3) is 3.70. The van der Waals surface area contributed by atoms with E-state index in [1.807, 2.05) is 41.4 Å². The average molecular weight is 376 g/mol. The van der Waals surface area contributed by atoms with E-state index in [0.717, 1.165) is 45.6 Å². The molecule has 0 N–H and O–H groups in total. The van der Waals surface area contributed by atoms with Crippen LogP contribution >= 0.6 is 0 Å². The van der Waals surface area contributed by atoms with Crippen molar-refractivity contribution in [1.29, 1.82) is 0 Å². The molecule has 0 aliphatic carbocycles. The molecule has 0 spiro atoms. The first-order valence-electron chi connectivity index (χ1n) is 9.59. The molecule has 5 nitrogen and oxygen atoms in total. The molecule has 3 heterocycles. The maximum atomic E-state index is 4.81. The lowest BCUT2D eigenvalue weighted by Crippen LogP contribution is -2.09. The van der Waals surface area contributed by atoms with Crippen LogP contribution in [0.3, 0.4) is 0 Å². The fraction of sp³-hybridized carbons (Fsp3) is 0.348. The van der Waals surface area contributed by atoms with E-state index in [1.54, 1.807) is 0 Å². The highest BCUT2D eigenvalue weighted by molar-refractivity contribution is 6.00. The Morgan fingerprint density at radius 3 is 1.43 bits per heavy atom. The highest BCUT2D eigenvalue weighted by Crippen LogP contribution is 2.16. The Kier molecular flexibility index (Phi) is 5.36. The van der Waals surface area contributed by atoms with Crippen LogP contribution in [-0.2, 0) is 0 Å². The number of nitrogens with zero attached hydrogens (tertiary/aromatic N) is 5. The Bertz CT molecular complexity index is 1010. The lowest BCUT2D eigenvalue weighted by Gasteiger charge is -2.08. The summed E-state index contributed by atoms with van der Waals surface area (Å²) in [5.41, 5.74) is 10.5. The van der Waals surface area contributed by atoms with E-state index in [1.165, 1.54) is 11.1 Å². The van der Waals surface area contributed by atoms with E-state index in [2.05, 4.69) is 53.7 Å². The molecule has 28 heavy (non-hydrogen) atoms. The van der Waals surface area contributed by atoms with Crippen molar-refractivity contribution in [3.63, 3.8) is 0 Å². The molecule has 0 atom stereocenters. The summed E-state index contributed by atoms with van der Waals surface area (Å²) in [6.07, 6.45) is 0. The van der Waals surface area contributed by atoms with E-state index >= 15 is 0 Å². The topological polar surface area (TPSA) is 47.5 Å². The van der Waals surface area contributed by atoms with Gasteiger partial charge >= 0.3 is 0 Å². The number of aryl methyl sites for hydroxylation is 4. The minimum atomic E-state index is 0.856. The quantitative estimate of drug-likeness (QED) is 0.587. The van der Waals surface area contributed by atoms with Crippen LogP contribution in [-0.4, -0.2) is 25.8 Å². The van der Waals surface area contributed by atoms with Gasteiger partial charge in [0.25, 0.3) is 0 Å². The Labute approximate surface area is 167 Å². The minimum Gasteiger partial charge on any atom is -0.245 e. The second kappa shape index (κ2) is 7.58. The maximum absolute atomic E-state index is 4.81. The van der Waals surface area contributed by atoms with E-state index in [4.69, 9.17) is 15.2 Å². The average Bonchev–Trinajstić information content (AvgIpc) is 3.04. The van der Waals surface area contributed by atoms with Gasteiger partial charge in [-0.25, -0.2) is 14.3 Å². The van der Waals surface area contributed by atoms with E-state index < -0.39 is 0 Å². The highest BCUT2D eigenvalue weighted by atomic mass is 15.4. The van der Waals surface area contributed by atoms with Crippen LogP contribution in [0.1, 0.15) is 59.1 Å². The second-order valence-electron chi connectivity index (χ2n) is 7.51. The Morgan fingerprint density at radius 1 is 0.714 bits per heavy atom. The van der Waals surface area contributed by atoms with Gasteiger partial charge in [-0.3, -0.25) is 0 Å². The number of pyridine rings is 1. The van der Waals surface area contributed by atoms with Crippen molar-refractivity contribution in [3.8, 4) is 0 Å². The minimum absolute atomic E-state index is 0.856. The lowest BCUT2D eigenvalue weighted by atomic mass is 10.2. The zero-order chi connectivity index (χ0) is 20.6. The molecule has 146 valence electrons. The summed E-state index contributed by atoms with van der Waals surface area (Å²) < 4.78 is 3.96. The molecule has 0 fully saturated rings. The third-order valence-electron chi connectivity index (χ3n) is 5.29. The summed E-state index contributed by atoms with van der Waals surface area (Å²) in [7, 11) is 0. The third-order valence-corrected chi connectivity index (χ3v) is 5.29. The van der Waals surface area contributed by atoms with Gasteiger partial charge in [0, 0.05) is 22.8 Å². The van der Waals surface area contributed by atoms with Crippen LogP contribution in [0.4, 0.5) is 0 Å². The number of hydrogen-bond acceptors (Lipinski definition) is 3.